The summed E-state index contributed by atoms with van der Waals surface area (Å²) in [5, 5.41) is 17.5. The van der Waals surface area contributed by atoms with E-state index >= 15 is 0 Å². The van der Waals surface area contributed by atoms with Crippen LogP contribution in [0.5, 0.6) is 46.0 Å². The van der Waals surface area contributed by atoms with Crippen molar-refractivity contribution in [3.8, 4) is 68.2 Å². The van der Waals surface area contributed by atoms with Crippen molar-refractivity contribution < 1.29 is 68.2 Å². The minimum Gasteiger partial charge on any atom is -0.454 e. The van der Waals surface area contributed by atoms with Crippen LogP contribution in [0, 0.1) is 0 Å². The first-order chi connectivity index (χ1) is 48.0. The third kappa shape index (κ3) is 16.6. The second-order valence-electron chi connectivity index (χ2n) is 21.4. The van der Waals surface area contributed by atoms with E-state index in [9.17, 15) is 0 Å². The molecule has 0 atom stereocenters. The fraction of sp³-hybridized carbons (Fsp3) is 0.0769. The molecule has 4 aliphatic heterocycles. The van der Waals surface area contributed by atoms with Crippen LogP contribution in [-0.2, 0) is 30.3 Å². The Hall–Kier alpha value is -6.58. The SMILES string of the molecule is CNC.Cl.[Cl][Ru][Cl].[Cl][Ru][Cl].c1ccc(P(c2ccccc2)c2ccc3c(c2-c2c(P(c4ccccc4)c4ccccc4)ccc4c2OCO4)OCO3)cc1.c1ccc(P(c2ccccc2)c2ccc3c(c2-c2c(P(c4ccccc4)c4ccccc4)ccc4c2OCO4)OCO3)cc1. The van der Waals surface area contributed by atoms with E-state index in [-0.39, 0.29) is 69.9 Å². The molecule has 1 N–H and O–H groups in total. The largest absolute Gasteiger partial charge is 0.454 e. The third-order valence-electron chi connectivity index (χ3n) is 15.6. The Labute approximate surface area is 615 Å². The van der Waals surface area contributed by atoms with Gasteiger partial charge in [-0.1, -0.05) is 243 Å². The van der Waals surface area contributed by atoms with Crippen LogP contribution in [0.1, 0.15) is 0 Å². The summed E-state index contributed by atoms with van der Waals surface area (Å²) in [4.78, 5) is 0. The predicted octanol–water partition coefficient (Wildman–Crippen LogP) is 15.7. The van der Waals surface area contributed by atoms with Crippen LogP contribution < -0.4 is 107 Å². The second kappa shape index (κ2) is 36.7. The maximum atomic E-state index is 6.35. The van der Waals surface area contributed by atoms with Gasteiger partial charge in [-0.15, -0.1) is 12.4 Å². The average Bonchev–Trinajstić information content (AvgIpc) is 1.34. The molecule has 0 fully saturated rings. The van der Waals surface area contributed by atoms with E-state index in [1.807, 2.05) is 14.1 Å². The Balaban J connectivity index is 0.000000176. The molecule has 98 heavy (non-hydrogen) atoms. The van der Waals surface area contributed by atoms with Crippen LogP contribution in [0.3, 0.4) is 0 Å². The van der Waals surface area contributed by atoms with Crippen LogP contribution >= 0.6 is 82.9 Å². The van der Waals surface area contributed by atoms with Crippen molar-refractivity contribution in [3.05, 3.63) is 291 Å². The van der Waals surface area contributed by atoms with Crippen molar-refractivity contribution in [2.75, 3.05) is 41.3 Å². The molecule has 0 aromatic heterocycles. The van der Waals surface area contributed by atoms with Crippen molar-refractivity contribution in [1.82, 2.24) is 5.32 Å². The first kappa shape index (κ1) is 72.7. The van der Waals surface area contributed by atoms with Crippen molar-refractivity contribution in [2.24, 2.45) is 0 Å². The fourth-order valence-corrected chi connectivity index (χ4v) is 21.7. The number of halogens is 5. The van der Waals surface area contributed by atoms with Gasteiger partial charge in [0.15, 0.2) is 46.0 Å². The van der Waals surface area contributed by atoms with E-state index in [1.165, 1.54) is 63.7 Å². The number of hydrogen-bond donors (Lipinski definition) is 1. The number of rotatable bonds is 14. The van der Waals surface area contributed by atoms with Crippen LogP contribution in [0.25, 0.3) is 22.3 Å². The van der Waals surface area contributed by atoms with Crippen LogP contribution in [0.2, 0.25) is 0 Å². The summed E-state index contributed by atoms with van der Waals surface area (Å²) in [6, 6.07) is 103. The molecule has 0 radical (unpaired) electrons. The van der Waals surface area contributed by atoms with E-state index in [1.54, 1.807) is 0 Å². The van der Waals surface area contributed by atoms with Crippen LogP contribution in [0.4, 0.5) is 0 Å². The monoisotopic (exact) mass is 1650 g/mol. The molecule has 0 bridgehead atoms. The van der Waals surface area contributed by atoms with Gasteiger partial charge in [0.05, 0.1) is 0 Å². The van der Waals surface area contributed by atoms with E-state index in [2.05, 4.69) is 297 Å². The second-order valence-corrected chi connectivity index (χ2v) is 35.4. The number of benzene rings is 12. The van der Waals surface area contributed by atoms with Crippen molar-refractivity contribution in [2.45, 2.75) is 0 Å². The molecule has 16 rings (SSSR count). The summed E-state index contributed by atoms with van der Waals surface area (Å²) in [5.74, 6) is 5.98. The van der Waals surface area contributed by atoms with Crippen molar-refractivity contribution in [1.29, 1.82) is 0 Å². The molecule has 0 amide bonds. The van der Waals surface area contributed by atoms with Gasteiger partial charge >= 0.3 is 69.1 Å². The molecule has 0 aliphatic carbocycles. The molecule has 12 aromatic carbocycles. The number of nitrogens with one attached hydrogen (secondary N) is 1. The average molecular weight is 1650 g/mol. The van der Waals surface area contributed by atoms with Gasteiger partial charge in [-0.2, -0.15) is 0 Å². The van der Waals surface area contributed by atoms with Crippen molar-refractivity contribution in [3.63, 3.8) is 0 Å². The molecule has 0 saturated heterocycles. The Bertz CT molecular complexity index is 3780. The van der Waals surface area contributed by atoms with E-state index < -0.39 is 31.7 Å². The predicted molar refractivity (Wildman–Crippen MR) is 409 cm³/mol. The molecule has 0 unspecified atom stereocenters. The zero-order valence-electron chi connectivity index (χ0n) is 52.7. The van der Waals surface area contributed by atoms with E-state index in [0.29, 0.717) is 0 Å². The quantitative estimate of drug-likeness (QED) is 0.0845. The summed E-state index contributed by atoms with van der Waals surface area (Å²) in [5.41, 5.74) is 4.04. The molecule has 0 saturated carbocycles. The molecular weight excluding hydrogens is 1580 g/mol. The summed E-state index contributed by atoms with van der Waals surface area (Å²) in [6.07, 6.45) is 0. The number of hydrogen-bond acceptors (Lipinski definition) is 9. The van der Waals surface area contributed by atoms with Gasteiger partial charge < -0.3 is 43.2 Å². The van der Waals surface area contributed by atoms with Gasteiger partial charge in [0.25, 0.3) is 0 Å². The molecular formula is C78H64Cl5NO8P4Ru2. The summed E-state index contributed by atoms with van der Waals surface area (Å²) in [7, 11) is 19.3. The third-order valence-corrected chi connectivity index (χ3v) is 25.6. The summed E-state index contributed by atoms with van der Waals surface area (Å²) >= 11 is -0.691. The van der Waals surface area contributed by atoms with Gasteiger partial charge in [0.1, 0.15) is 0 Å². The molecule has 0 spiro atoms. The smallest absolute Gasteiger partial charge is 0.231 e. The molecule has 4 heterocycles. The molecule has 500 valence electrons. The number of ether oxygens (including phenoxy) is 8. The van der Waals surface area contributed by atoms with Crippen LogP contribution in [0.15, 0.2) is 291 Å². The zero-order chi connectivity index (χ0) is 66.7. The molecule has 9 nitrogen and oxygen atoms in total. The van der Waals surface area contributed by atoms with Crippen LogP contribution in [-0.4, -0.2) is 41.3 Å². The zero-order valence-corrected chi connectivity index (χ0v) is 63.6. The van der Waals surface area contributed by atoms with Crippen molar-refractivity contribution >= 4 is 147 Å². The van der Waals surface area contributed by atoms with Gasteiger partial charge in [0, 0.05) is 22.3 Å². The normalized spacial score (nSPS) is 12.3. The maximum absolute atomic E-state index is 6.35. The van der Waals surface area contributed by atoms with E-state index in [4.69, 9.17) is 76.7 Å². The molecule has 12 aromatic rings. The molecule has 20 heteroatoms. The van der Waals surface area contributed by atoms with E-state index in [0.717, 1.165) is 68.2 Å². The maximum Gasteiger partial charge on any atom is 0.231 e. The Kier molecular flexibility index (Phi) is 27.2. The topological polar surface area (TPSA) is 85.9 Å². The summed E-state index contributed by atoms with van der Waals surface area (Å²) < 4.78 is 49.5. The summed E-state index contributed by atoms with van der Waals surface area (Å²) in [6.45, 7) is 0.699. The number of fused-ring (bicyclic) bond motifs is 4. The Morgan fingerprint density at radius 1 is 0.245 bits per heavy atom. The minimum absolute atomic E-state index is 0. The first-order valence-electron chi connectivity index (χ1n) is 30.6. The van der Waals surface area contributed by atoms with Gasteiger partial charge in [0.2, 0.25) is 27.2 Å². The van der Waals surface area contributed by atoms with Gasteiger partial charge in [-0.25, -0.2) is 0 Å². The Morgan fingerprint density at radius 3 is 0.531 bits per heavy atom. The Morgan fingerprint density at radius 2 is 0.388 bits per heavy atom. The minimum atomic E-state index is -0.968. The fourth-order valence-electron chi connectivity index (χ4n) is 11.9. The standard InChI is InChI=1S/2C38H28O4P2.C2H7N.5ClH.2Ru/c2*1-5-13-27(14-6-1)43(28-15-7-2-8-16-28)33-23-21-31-37(41-25-39-31)35(33)36-34(24-22-32-38(36)42-26-40-32)44(29-17-9-3-10-18-29)30-19-11-4-12-20-30;1-3-2;;;;;;;/h2*1-24H,25-26H2;3H,1-2H3;5*1H;;/q;;;;;;;;2*+2/p-4. The van der Waals surface area contributed by atoms with Gasteiger partial charge in [-0.3, -0.25) is 0 Å². The molecule has 4 aliphatic rings. The van der Waals surface area contributed by atoms with Gasteiger partial charge in [-0.05, 0) is 158 Å². The first-order valence-corrected chi connectivity index (χ1v) is 44.9.